The maximum absolute atomic E-state index is 11.8. The fraction of sp³-hybridized carbons (Fsp3) is 0.818. The van der Waals surface area contributed by atoms with Gasteiger partial charge in [0.2, 0.25) is 5.91 Å². The van der Waals surface area contributed by atoms with Crippen LogP contribution in [0.15, 0.2) is 0 Å². The molecule has 1 fully saturated rings. The summed E-state index contributed by atoms with van der Waals surface area (Å²) in [7, 11) is 0. The molecule has 90 valence electrons. The number of amides is 1. The van der Waals surface area contributed by atoms with Gasteiger partial charge in [-0.05, 0) is 19.8 Å². The van der Waals surface area contributed by atoms with E-state index in [2.05, 4.69) is 0 Å². The SMILES string of the molecule is CC(Cl)C(=O)N(CCC#N)CC1CCCO1. The normalized spacial score (nSPS) is 21.4. The van der Waals surface area contributed by atoms with Gasteiger partial charge in [0.25, 0.3) is 0 Å². The molecule has 1 rings (SSSR count). The molecule has 4 nitrogen and oxygen atoms in total. The zero-order valence-corrected chi connectivity index (χ0v) is 10.2. The summed E-state index contributed by atoms with van der Waals surface area (Å²) in [5.41, 5.74) is 0. The fourth-order valence-corrected chi connectivity index (χ4v) is 1.90. The highest BCUT2D eigenvalue weighted by Crippen LogP contribution is 2.14. The van der Waals surface area contributed by atoms with Crippen molar-refractivity contribution in [3.63, 3.8) is 0 Å². The highest BCUT2D eigenvalue weighted by Gasteiger charge is 2.24. The summed E-state index contributed by atoms with van der Waals surface area (Å²) in [6.07, 6.45) is 2.47. The van der Waals surface area contributed by atoms with Gasteiger partial charge in [0.1, 0.15) is 5.38 Å². The van der Waals surface area contributed by atoms with Crippen LogP contribution in [0.5, 0.6) is 0 Å². The number of hydrogen-bond donors (Lipinski definition) is 0. The first-order valence-electron chi connectivity index (χ1n) is 5.56. The van der Waals surface area contributed by atoms with Crippen LogP contribution in [0.1, 0.15) is 26.2 Å². The van der Waals surface area contributed by atoms with Crippen molar-refractivity contribution in [1.29, 1.82) is 5.26 Å². The number of nitrogens with zero attached hydrogens (tertiary/aromatic N) is 2. The molecule has 2 atom stereocenters. The molecule has 1 amide bonds. The lowest BCUT2D eigenvalue weighted by Crippen LogP contribution is -2.41. The molecule has 0 aliphatic carbocycles. The maximum Gasteiger partial charge on any atom is 0.240 e. The molecule has 0 aromatic carbocycles. The second-order valence-corrected chi connectivity index (χ2v) is 4.60. The zero-order chi connectivity index (χ0) is 12.0. The lowest BCUT2D eigenvalue weighted by atomic mass is 10.2. The van der Waals surface area contributed by atoms with Crippen molar-refractivity contribution >= 4 is 17.5 Å². The molecule has 16 heavy (non-hydrogen) atoms. The summed E-state index contributed by atoms with van der Waals surface area (Å²) in [4.78, 5) is 13.4. The van der Waals surface area contributed by atoms with Crippen LogP contribution in [-0.2, 0) is 9.53 Å². The van der Waals surface area contributed by atoms with E-state index in [9.17, 15) is 4.79 Å². The van der Waals surface area contributed by atoms with Gasteiger partial charge in [-0.25, -0.2) is 0 Å². The minimum atomic E-state index is -0.542. The van der Waals surface area contributed by atoms with Gasteiger partial charge < -0.3 is 9.64 Å². The van der Waals surface area contributed by atoms with Crippen LogP contribution >= 0.6 is 11.6 Å². The van der Waals surface area contributed by atoms with Crippen LogP contribution in [0.4, 0.5) is 0 Å². The Bertz CT molecular complexity index is 270. The molecule has 1 heterocycles. The summed E-state index contributed by atoms with van der Waals surface area (Å²) in [5, 5.41) is 8.00. The van der Waals surface area contributed by atoms with Gasteiger partial charge in [0.15, 0.2) is 0 Å². The summed E-state index contributed by atoms with van der Waals surface area (Å²) in [6.45, 7) is 3.41. The van der Waals surface area contributed by atoms with Crippen LogP contribution in [0.25, 0.3) is 0 Å². The Hall–Kier alpha value is -0.790. The average Bonchev–Trinajstić information content (AvgIpc) is 2.75. The summed E-state index contributed by atoms with van der Waals surface area (Å²) in [6, 6.07) is 2.04. The van der Waals surface area contributed by atoms with E-state index in [-0.39, 0.29) is 12.0 Å². The number of carbonyl (C=O) groups excluding carboxylic acids is 1. The molecule has 2 unspecified atom stereocenters. The standard InChI is InChI=1S/C11H17ClN2O2/c1-9(12)11(15)14(6-3-5-13)8-10-4-2-7-16-10/h9-10H,2-4,6-8H2,1H3. The predicted molar refractivity (Wildman–Crippen MR) is 61.1 cm³/mol. The van der Waals surface area contributed by atoms with Crippen LogP contribution in [-0.4, -0.2) is 42.0 Å². The smallest absolute Gasteiger partial charge is 0.240 e. The minimum absolute atomic E-state index is 0.109. The van der Waals surface area contributed by atoms with Gasteiger partial charge in [0.05, 0.1) is 18.6 Å². The minimum Gasteiger partial charge on any atom is -0.376 e. The lowest BCUT2D eigenvalue weighted by molar-refractivity contribution is -0.132. The van der Waals surface area contributed by atoms with E-state index in [1.807, 2.05) is 6.07 Å². The van der Waals surface area contributed by atoms with Crippen molar-refractivity contribution in [3.8, 4) is 6.07 Å². The molecule has 0 radical (unpaired) electrons. The number of carbonyl (C=O) groups is 1. The van der Waals surface area contributed by atoms with Gasteiger partial charge in [0, 0.05) is 19.7 Å². The molecule has 1 aliphatic heterocycles. The summed E-state index contributed by atoms with van der Waals surface area (Å²) in [5.74, 6) is -0.118. The molecular weight excluding hydrogens is 228 g/mol. The number of alkyl halides is 1. The van der Waals surface area contributed by atoms with E-state index >= 15 is 0 Å². The monoisotopic (exact) mass is 244 g/mol. The number of hydrogen-bond acceptors (Lipinski definition) is 3. The van der Waals surface area contributed by atoms with E-state index < -0.39 is 5.38 Å². The maximum atomic E-state index is 11.8. The number of halogens is 1. The van der Waals surface area contributed by atoms with Crippen molar-refractivity contribution in [1.82, 2.24) is 4.90 Å². The third-order valence-electron chi connectivity index (χ3n) is 2.59. The Morgan fingerprint density at radius 3 is 3.00 bits per heavy atom. The second-order valence-electron chi connectivity index (χ2n) is 3.94. The molecule has 1 saturated heterocycles. The highest BCUT2D eigenvalue weighted by atomic mass is 35.5. The Morgan fingerprint density at radius 2 is 2.50 bits per heavy atom. The number of nitriles is 1. The van der Waals surface area contributed by atoms with Crippen LogP contribution < -0.4 is 0 Å². The van der Waals surface area contributed by atoms with E-state index in [0.29, 0.717) is 19.5 Å². The van der Waals surface area contributed by atoms with Crippen LogP contribution in [0.2, 0.25) is 0 Å². The zero-order valence-electron chi connectivity index (χ0n) is 9.49. The molecule has 0 bridgehead atoms. The van der Waals surface area contributed by atoms with Gasteiger partial charge in [-0.1, -0.05) is 0 Å². The molecular formula is C11H17ClN2O2. The third kappa shape index (κ3) is 3.99. The lowest BCUT2D eigenvalue weighted by Gasteiger charge is -2.25. The van der Waals surface area contributed by atoms with Gasteiger partial charge in [-0.15, -0.1) is 11.6 Å². The van der Waals surface area contributed by atoms with Crippen molar-refractivity contribution < 1.29 is 9.53 Å². The first-order valence-corrected chi connectivity index (χ1v) is 6.00. The third-order valence-corrected chi connectivity index (χ3v) is 2.78. The van der Waals surface area contributed by atoms with Crippen molar-refractivity contribution in [2.75, 3.05) is 19.7 Å². The van der Waals surface area contributed by atoms with E-state index in [4.69, 9.17) is 21.6 Å². The van der Waals surface area contributed by atoms with E-state index in [0.717, 1.165) is 19.4 Å². The van der Waals surface area contributed by atoms with Crippen molar-refractivity contribution in [3.05, 3.63) is 0 Å². The molecule has 1 aliphatic rings. The Labute approximate surface area is 101 Å². The number of ether oxygens (including phenoxy) is 1. The van der Waals surface area contributed by atoms with Crippen molar-refractivity contribution in [2.24, 2.45) is 0 Å². The molecule has 0 spiro atoms. The van der Waals surface area contributed by atoms with Gasteiger partial charge >= 0.3 is 0 Å². The first-order chi connectivity index (χ1) is 7.65. The Balaban J connectivity index is 2.48. The van der Waals surface area contributed by atoms with Crippen LogP contribution in [0.3, 0.4) is 0 Å². The van der Waals surface area contributed by atoms with E-state index in [1.165, 1.54) is 0 Å². The number of rotatable bonds is 5. The van der Waals surface area contributed by atoms with Gasteiger partial charge in [-0.3, -0.25) is 4.79 Å². The molecule has 0 aromatic rings. The first kappa shape index (κ1) is 13.3. The van der Waals surface area contributed by atoms with E-state index in [1.54, 1.807) is 11.8 Å². The van der Waals surface area contributed by atoms with Crippen LogP contribution in [0, 0.1) is 11.3 Å². The topological polar surface area (TPSA) is 53.3 Å². The molecule has 0 aromatic heterocycles. The van der Waals surface area contributed by atoms with Crippen molar-refractivity contribution in [2.45, 2.75) is 37.7 Å². The summed E-state index contributed by atoms with van der Waals surface area (Å²) >= 11 is 5.77. The highest BCUT2D eigenvalue weighted by molar-refractivity contribution is 6.30. The second kappa shape index (κ2) is 6.72. The quantitative estimate of drug-likeness (QED) is 0.690. The average molecular weight is 245 g/mol. The largest absolute Gasteiger partial charge is 0.376 e. The molecule has 5 heteroatoms. The predicted octanol–water partition coefficient (Wildman–Crippen LogP) is 1.53. The van der Waals surface area contributed by atoms with Gasteiger partial charge in [-0.2, -0.15) is 5.26 Å². The summed E-state index contributed by atoms with van der Waals surface area (Å²) < 4.78 is 5.47. The Kier molecular flexibility index (Phi) is 5.58. The Morgan fingerprint density at radius 1 is 1.75 bits per heavy atom. The fourth-order valence-electron chi connectivity index (χ4n) is 1.76. The molecule has 0 N–H and O–H groups in total. The molecule has 0 saturated carbocycles.